The van der Waals surface area contributed by atoms with Gasteiger partial charge in [-0.3, -0.25) is 4.79 Å². The zero-order valence-corrected chi connectivity index (χ0v) is 12.4. The van der Waals surface area contributed by atoms with Crippen LogP contribution in [0.4, 0.5) is 4.39 Å². The molecule has 0 spiro atoms. The highest BCUT2D eigenvalue weighted by molar-refractivity contribution is 5.69. The summed E-state index contributed by atoms with van der Waals surface area (Å²) in [6, 6.07) is 15.8. The number of rotatable bonds is 2. The number of aryl methyl sites for hydroxylation is 2. The summed E-state index contributed by atoms with van der Waals surface area (Å²) in [6.45, 7) is 1.87. The van der Waals surface area contributed by atoms with Gasteiger partial charge in [-0.2, -0.15) is 5.10 Å². The van der Waals surface area contributed by atoms with E-state index in [9.17, 15) is 9.18 Å². The molecule has 0 bridgehead atoms. The van der Waals surface area contributed by atoms with E-state index in [2.05, 4.69) is 5.10 Å². The van der Waals surface area contributed by atoms with Crippen LogP contribution < -0.4 is 5.56 Å². The van der Waals surface area contributed by atoms with Gasteiger partial charge in [0.05, 0.1) is 5.69 Å². The minimum Gasteiger partial charge on any atom is -0.268 e. The lowest BCUT2D eigenvalue weighted by molar-refractivity contribution is 0.628. The summed E-state index contributed by atoms with van der Waals surface area (Å²) in [4.78, 5) is 11.6. The fraction of sp³-hybridized carbons (Fsp3) is 0.111. The average Bonchev–Trinajstić information content (AvgIpc) is 2.52. The predicted octanol–water partition coefficient (Wildman–Crippen LogP) is 3.56. The second-order valence-electron chi connectivity index (χ2n) is 5.22. The first kappa shape index (κ1) is 14.2. The van der Waals surface area contributed by atoms with Crippen molar-refractivity contribution in [3.63, 3.8) is 0 Å². The monoisotopic (exact) mass is 294 g/mol. The lowest BCUT2D eigenvalue weighted by atomic mass is 10.0. The van der Waals surface area contributed by atoms with E-state index in [0.717, 1.165) is 27.9 Å². The summed E-state index contributed by atoms with van der Waals surface area (Å²) in [5, 5.41) is 4.31. The Labute approximate surface area is 127 Å². The Bertz CT molecular complexity index is 865. The molecule has 22 heavy (non-hydrogen) atoms. The highest BCUT2D eigenvalue weighted by Gasteiger charge is 2.07. The summed E-state index contributed by atoms with van der Waals surface area (Å²) >= 11 is 0. The molecular formula is C18H15FN2O. The summed E-state index contributed by atoms with van der Waals surface area (Å²) < 4.78 is 14.3. The number of halogens is 1. The zero-order valence-electron chi connectivity index (χ0n) is 12.4. The Hall–Kier alpha value is -2.75. The molecule has 0 unspecified atom stereocenters. The van der Waals surface area contributed by atoms with Gasteiger partial charge in [-0.05, 0) is 35.7 Å². The molecule has 3 nitrogen and oxygen atoms in total. The molecule has 110 valence electrons. The van der Waals surface area contributed by atoms with Crippen molar-refractivity contribution in [2.45, 2.75) is 6.92 Å². The smallest absolute Gasteiger partial charge is 0.266 e. The van der Waals surface area contributed by atoms with Gasteiger partial charge in [0.25, 0.3) is 5.56 Å². The minimum atomic E-state index is -0.245. The fourth-order valence-electron chi connectivity index (χ4n) is 2.37. The van der Waals surface area contributed by atoms with E-state index in [-0.39, 0.29) is 11.4 Å². The van der Waals surface area contributed by atoms with Crippen LogP contribution in [0.2, 0.25) is 0 Å². The van der Waals surface area contributed by atoms with E-state index in [4.69, 9.17) is 0 Å². The van der Waals surface area contributed by atoms with Crippen molar-refractivity contribution in [1.29, 1.82) is 0 Å². The highest BCUT2D eigenvalue weighted by atomic mass is 19.1. The third-order valence-corrected chi connectivity index (χ3v) is 3.62. The molecule has 0 aliphatic heterocycles. The van der Waals surface area contributed by atoms with E-state index in [1.165, 1.54) is 16.8 Å². The Balaban J connectivity index is 2.00. The Morgan fingerprint density at radius 1 is 0.909 bits per heavy atom. The van der Waals surface area contributed by atoms with Crippen LogP contribution in [0, 0.1) is 12.7 Å². The minimum absolute atomic E-state index is 0.121. The number of aromatic nitrogens is 2. The molecule has 0 fully saturated rings. The van der Waals surface area contributed by atoms with Crippen LogP contribution in [0.1, 0.15) is 5.56 Å². The molecule has 2 aromatic carbocycles. The second-order valence-corrected chi connectivity index (χ2v) is 5.22. The third kappa shape index (κ3) is 2.68. The number of hydrogen-bond acceptors (Lipinski definition) is 2. The predicted molar refractivity (Wildman–Crippen MR) is 85.0 cm³/mol. The topological polar surface area (TPSA) is 34.9 Å². The lowest BCUT2D eigenvalue weighted by Crippen LogP contribution is -2.19. The average molecular weight is 294 g/mol. The van der Waals surface area contributed by atoms with E-state index in [1.54, 1.807) is 25.2 Å². The zero-order chi connectivity index (χ0) is 15.7. The van der Waals surface area contributed by atoms with Gasteiger partial charge in [0.2, 0.25) is 0 Å². The molecule has 0 N–H and O–H groups in total. The number of nitrogens with zero attached hydrogens (tertiary/aromatic N) is 2. The van der Waals surface area contributed by atoms with Crippen molar-refractivity contribution in [2.24, 2.45) is 7.05 Å². The Morgan fingerprint density at radius 3 is 2.00 bits per heavy atom. The number of hydrogen-bond donors (Lipinski definition) is 0. The first-order valence-electron chi connectivity index (χ1n) is 6.96. The molecule has 0 amide bonds. The SMILES string of the molecule is Cc1cc(=O)n(C)nc1-c1ccc(-c2ccc(F)cc2)cc1. The van der Waals surface area contributed by atoms with Gasteiger partial charge in [-0.1, -0.05) is 36.4 Å². The molecule has 1 heterocycles. The molecule has 3 rings (SSSR count). The molecule has 4 heteroatoms. The van der Waals surface area contributed by atoms with Gasteiger partial charge in [0.15, 0.2) is 0 Å². The molecule has 0 saturated carbocycles. The lowest BCUT2D eigenvalue weighted by Gasteiger charge is -2.08. The highest BCUT2D eigenvalue weighted by Crippen LogP contribution is 2.25. The summed E-state index contributed by atoms with van der Waals surface area (Å²) in [6.07, 6.45) is 0. The van der Waals surface area contributed by atoms with Gasteiger partial charge in [-0.15, -0.1) is 0 Å². The van der Waals surface area contributed by atoms with Crippen molar-refractivity contribution in [3.05, 3.63) is 76.3 Å². The second kappa shape index (κ2) is 5.56. The third-order valence-electron chi connectivity index (χ3n) is 3.62. The van der Waals surface area contributed by atoms with Crippen LogP contribution in [0.25, 0.3) is 22.4 Å². The molecule has 0 atom stereocenters. The van der Waals surface area contributed by atoms with Crippen LogP contribution in [-0.4, -0.2) is 9.78 Å². The van der Waals surface area contributed by atoms with Crippen LogP contribution in [0.3, 0.4) is 0 Å². The van der Waals surface area contributed by atoms with Crippen LogP contribution in [-0.2, 0) is 7.05 Å². The summed E-state index contributed by atoms with van der Waals surface area (Å²) in [7, 11) is 1.64. The fourth-order valence-corrected chi connectivity index (χ4v) is 2.37. The molecule has 0 aliphatic rings. The van der Waals surface area contributed by atoms with Crippen molar-refractivity contribution in [1.82, 2.24) is 9.78 Å². The standard InChI is InChI=1S/C18H15FN2O/c1-12-11-17(22)21(2)20-18(12)15-5-3-13(4-6-15)14-7-9-16(19)10-8-14/h3-11H,1-2H3. The van der Waals surface area contributed by atoms with E-state index < -0.39 is 0 Å². The molecule has 0 aliphatic carbocycles. The molecule has 1 aromatic heterocycles. The van der Waals surface area contributed by atoms with Gasteiger partial charge in [0, 0.05) is 18.7 Å². The maximum absolute atomic E-state index is 13.0. The first-order chi connectivity index (χ1) is 10.5. The molecule has 3 aromatic rings. The van der Waals surface area contributed by atoms with Crippen LogP contribution >= 0.6 is 0 Å². The van der Waals surface area contributed by atoms with Crippen molar-refractivity contribution >= 4 is 0 Å². The van der Waals surface area contributed by atoms with Gasteiger partial charge in [-0.25, -0.2) is 9.07 Å². The van der Waals surface area contributed by atoms with Gasteiger partial charge in [0.1, 0.15) is 5.82 Å². The maximum atomic E-state index is 13.0. The Kier molecular flexibility index (Phi) is 3.59. The van der Waals surface area contributed by atoms with Crippen LogP contribution in [0.15, 0.2) is 59.4 Å². The number of benzene rings is 2. The summed E-state index contributed by atoms with van der Waals surface area (Å²) in [5.74, 6) is -0.245. The van der Waals surface area contributed by atoms with E-state index >= 15 is 0 Å². The largest absolute Gasteiger partial charge is 0.268 e. The van der Waals surface area contributed by atoms with Crippen molar-refractivity contribution in [2.75, 3.05) is 0 Å². The molecule has 0 radical (unpaired) electrons. The molecular weight excluding hydrogens is 279 g/mol. The van der Waals surface area contributed by atoms with Gasteiger partial charge < -0.3 is 0 Å². The van der Waals surface area contributed by atoms with Gasteiger partial charge >= 0.3 is 0 Å². The molecule has 0 saturated heterocycles. The normalized spacial score (nSPS) is 10.7. The quantitative estimate of drug-likeness (QED) is 0.724. The summed E-state index contributed by atoms with van der Waals surface area (Å²) in [5.41, 5.74) is 4.41. The maximum Gasteiger partial charge on any atom is 0.266 e. The van der Waals surface area contributed by atoms with E-state index in [0.29, 0.717) is 0 Å². The van der Waals surface area contributed by atoms with Crippen LogP contribution in [0.5, 0.6) is 0 Å². The Morgan fingerprint density at radius 2 is 1.41 bits per heavy atom. The van der Waals surface area contributed by atoms with Crippen molar-refractivity contribution in [3.8, 4) is 22.4 Å². The van der Waals surface area contributed by atoms with E-state index in [1.807, 2.05) is 31.2 Å². The first-order valence-corrected chi connectivity index (χ1v) is 6.96. The van der Waals surface area contributed by atoms with Crippen molar-refractivity contribution < 1.29 is 4.39 Å².